The summed E-state index contributed by atoms with van der Waals surface area (Å²) in [5.74, 6) is -3.88. The Morgan fingerprint density at radius 2 is 1.76 bits per heavy atom. The monoisotopic (exact) mass is 514 g/mol. The zero-order valence-corrected chi connectivity index (χ0v) is 21.0. The van der Waals surface area contributed by atoms with Gasteiger partial charge in [0.25, 0.3) is 0 Å². The fourth-order valence-corrected chi connectivity index (χ4v) is 9.05. The number of ether oxygens (including phenoxy) is 5. The van der Waals surface area contributed by atoms with Crippen LogP contribution in [-0.2, 0) is 44.7 Å². The van der Waals surface area contributed by atoms with Crippen LogP contribution in [0, 0.1) is 28.1 Å². The van der Waals surface area contributed by atoms with Crippen LogP contribution in [-0.4, -0.2) is 70.0 Å². The van der Waals surface area contributed by atoms with E-state index >= 15 is 0 Å². The van der Waals surface area contributed by atoms with E-state index in [1.54, 1.807) is 0 Å². The summed E-state index contributed by atoms with van der Waals surface area (Å²) in [4.78, 5) is 39.9. The molecule has 0 bridgehead atoms. The van der Waals surface area contributed by atoms with Crippen LogP contribution in [0.15, 0.2) is 30.3 Å². The first-order chi connectivity index (χ1) is 17.4. The number of carbonyl (C=O) groups excluding carboxylic acids is 3. The predicted octanol–water partition coefficient (Wildman–Crippen LogP) is 0.855. The van der Waals surface area contributed by atoms with E-state index in [-0.39, 0.29) is 12.5 Å². The Kier molecular flexibility index (Phi) is 4.28. The Hall–Kier alpha value is -2.53. The summed E-state index contributed by atoms with van der Waals surface area (Å²) in [6.45, 7) is 7.52. The maximum Gasteiger partial charge on any atom is 0.343 e. The summed E-state index contributed by atoms with van der Waals surface area (Å²) in [5.41, 5.74) is -7.12. The van der Waals surface area contributed by atoms with Crippen LogP contribution in [0.5, 0.6) is 0 Å². The Labute approximate surface area is 213 Å². The van der Waals surface area contributed by atoms with Crippen LogP contribution in [0.2, 0.25) is 0 Å². The molecule has 1 aromatic carbocycles. The Morgan fingerprint density at radius 3 is 2.43 bits per heavy atom. The summed E-state index contributed by atoms with van der Waals surface area (Å²) in [6, 6.07) is 9.31. The van der Waals surface area contributed by atoms with Gasteiger partial charge in [-0.15, -0.1) is 0 Å². The molecule has 0 radical (unpaired) electrons. The average Bonchev–Trinajstić information content (AvgIpc) is 3.55. The third kappa shape index (κ3) is 2.14. The van der Waals surface area contributed by atoms with E-state index in [2.05, 4.69) is 0 Å². The lowest BCUT2D eigenvalue weighted by molar-refractivity contribution is -0.240. The number of fused-ring (bicyclic) bond motifs is 1. The molecular weight excluding hydrogens is 484 g/mol. The van der Waals surface area contributed by atoms with E-state index in [1.807, 2.05) is 51.1 Å². The Balaban J connectivity index is 1.47. The molecule has 4 aliphatic heterocycles. The third-order valence-electron chi connectivity index (χ3n) is 10.2. The first-order valence-corrected chi connectivity index (χ1v) is 12.8. The van der Waals surface area contributed by atoms with Crippen LogP contribution in [0.1, 0.15) is 39.7 Å². The van der Waals surface area contributed by atoms with Crippen molar-refractivity contribution in [1.82, 2.24) is 0 Å². The predicted molar refractivity (Wildman–Crippen MR) is 121 cm³/mol. The zero-order chi connectivity index (χ0) is 26.3. The van der Waals surface area contributed by atoms with Crippen LogP contribution < -0.4 is 0 Å². The molecule has 2 spiro atoms. The van der Waals surface area contributed by atoms with Crippen LogP contribution in [0.25, 0.3) is 0 Å². The van der Waals surface area contributed by atoms with Gasteiger partial charge < -0.3 is 33.9 Å². The Bertz CT molecular complexity index is 1230. The van der Waals surface area contributed by atoms with Crippen molar-refractivity contribution in [3.8, 4) is 0 Å². The molecule has 2 unspecified atom stereocenters. The van der Waals surface area contributed by atoms with Crippen molar-refractivity contribution in [2.75, 3.05) is 0 Å². The highest BCUT2D eigenvalue weighted by Gasteiger charge is 3.04. The lowest BCUT2D eigenvalue weighted by atomic mass is 9.51. The van der Waals surface area contributed by atoms with E-state index < -0.39 is 82.0 Å². The van der Waals surface area contributed by atoms with Gasteiger partial charge in [0, 0.05) is 0 Å². The summed E-state index contributed by atoms with van der Waals surface area (Å²) in [7, 11) is 0. The summed E-state index contributed by atoms with van der Waals surface area (Å²) >= 11 is 0. The second kappa shape index (κ2) is 6.72. The Morgan fingerprint density at radius 1 is 1.05 bits per heavy atom. The van der Waals surface area contributed by atoms with Crippen molar-refractivity contribution in [2.24, 2.45) is 28.1 Å². The first-order valence-electron chi connectivity index (χ1n) is 12.8. The quantitative estimate of drug-likeness (QED) is 0.441. The molecule has 6 fully saturated rings. The van der Waals surface area contributed by atoms with Gasteiger partial charge in [-0.05, 0) is 30.2 Å². The van der Waals surface area contributed by atoms with Gasteiger partial charge in [-0.25, -0.2) is 9.59 Å². The number of hydrogen-bond donors (Lipinski definition) is 2. The first kappa shape index (κ1) is 23.6. The lowest BCUT2D eigenvalue weighted by Gasteiger charge is -2.48. The third-order valence-corrected chi connectivity index (χ3v) is 10.2. The number of benzene rings is 1. The molecule has 2 aliphatic carbocycles. The number of esters is 3. The maximum absolute atomic E-state index is 13.8. The van der Waals surface area contributed by atoms with E-state index in [1.165, 1.54) is 6.92 Å². The second-order valence-electron chi connectivity index (χ2n) is 12.4. The van der Waals surface area contributed by atoms with Crippen molar-refractivity contribution in [3.63, 3.8) is 0 Å². The molecule has 1 aromatic rings. The molecule has 4 heterocycles. The van der Waals surface area contributed by atoms with E-state index in [0.717, 1.165) is 5.56 Å². The minimum atomic E-state index is -2.23. The second-order valence-corrected chi connectivity index (χ2v) is 12.4. The molecule has 37 heavy (non-hydrogen) atoms. The normalized spacial score (nSPS) is 50.9. The zero-order valence-electron chi connectivity index (χ0n) is 21.0. The van der Waals surface area contributed by atoms with Crippen molar-refractivity contribution in [1.29, 1.82) is 0 Å². The van der Waals surface area contributed by atoms with Crippen LogP contribution in [0.4, 0.5) is 0 Å². The van der Waals surface area contributed by atoms with Gasteiger partial charge in [-0.2, -0.15) is 0 Å². The van der Waals surface area contributed by atoms with Gasteiger partial charge in [0.2, 0.25) is 11.9 Å². The van der Waals surface area contributed by atoms with E-state index in [4.69, 9.17) is 23.7 Å². The van der Waals surface area contributed by atoms with Gasteiger partial charge in [-0.3, -0.25) is 4.79 Å². The minimum absolute atomic E-state index is 0.0731. The molecule has 2 saturated carbocycles. The summed E-state index contributed by atoms with van der Waals surface area (Å²) in [5, 5.41) is 24.3. The fourth-order valence-electron chi connectivity index (χ4n) is 9.05. The van der Waals surface area contributed by atoms with E-state index in [0.29, 0.717) is 6.42 Å². The van der Waals surface area contributed by atoms with Gasteiger partial charge in [0.1, 0.15) is 12.2 Å². The highest BCUT2D eigenvalue weighted by Crippen LogP contribution is 2.84. The SMILES string of the molecule is C[C@@H]1C(=O)O[C@H]2[C@H](O)C34[C@H]5C[C@@H](C(C)(C)C)C36[C@@H](OC(=O)[C@@H]6OCc3ccccc3)O[C@@]4(C(=O)O5)[C@@]12O. The van der Waals surface area contributed by atoms with Crippen molar-refractivity contribution in [3.05, 3.63) is 35.9 Å². The molecule has 4 saturated heterocycles. The molecule has 7 rings (SSSR count). The number of aliphatic hydroxyl groups is 2. The molecule has 10 heteroatoms. The fraction of sp³-hybridized carbons (Fsp3) is 0.667. The van der Waals surface area contributed by atoms with Gasteiger partial charge >= 0.3 is 17.9 Å². The molecule has 10 nitrogen and oxygen atoms in total. The maximum atomic E-state index is 13.8. The van der Waals surface area contributed by atoms with Gasteiger partial charge in [0.15, 0.2) is 17.8 Å². The van der Waals surface area contributed by atoms with Gasteiger partial charge in [-0.1, -0.05) is 51.1 Å². The highest BCUT2D eigenvalue weighted by molar-refractivity contribution is 5.94. The average molecular weight is 515 g/mol. The highest BCUT2D eigenvalue weighted by atomic mass is 16.8. The topological polar surface area (TPSA) is 138 Å². The smallest absolute Gasteiger partial charge is 0.343 e. The van der Waals surface area contributed by atoms with Crippen LogP contribution in [0.3, 0.4) is 0 Å². The molecule has 2 N–H and O–H groups in total. The molecular formula is C27H30O10. The van der Waals surface area contributed by atoms with Gasteiger partial charge in [0.05, 0.1) is 23.4 Å². The van der Waals surface area contributed by atoms with Crippen LogP contribution >= 0.6 is 0 Å². The number of hydrogen-bond acceptors (Lipinski definition) is 10. The molecule has 6 aliphatic rings. The number of rotatable bonds is 3. The largest absolute Gasteiger partial charge is 0.459 e. The molecule has 198 valence electrons. The molecule has 0 amide bonds. The van der Waals surface area contributed by atoms with Crippen molar-refractivity contribution in [2.45, 2.75) is 82.6 Å². The molecule has 0 aromatic heterocycles. The number of aliphatic hydroxyl groups excluding tert-OH is 1. The summed E-state index contributed by atoms with van der Waals surface area (Å²) < 4.78 is 29.9. The molecule has 11 atom stereocenters. The summed E-state index contributed by atoms with van der Waals surface area (Å²) in [6.07, 6.45) is -6.16. The number of carbonyl (C=O) groups is 3. The van der Waals surface area contributed by atoms with Crippen molar-refractivity contribution >= 4 is 17.9 Å². The lowest BCUT2D eigenvalue weighted by Crippen LogP contribution is -2.67. The minimum Gasteiger partial charge on any atom is -0.459 e. The standard InChI is InChI=1S/C27H30O10/c1-12-19(29)35-17-16(28)25-15-10-14(23(2,3)4)24(25)18(33-11-13-8-6-5-7-9-13)20(30)36-22(24)37-27(25,21(31)34-15)26(12,17)32/h5-9,12,14-18,22,28,32H,10-11H2,1-4H3/t12-,14+,15-,16+,17+,18+,22+,24?,25?,26-,27-/m1/s1. The van der Waals surface area contributed by atoms with E-state index in [9.17, 15) is 24.6 Å². The van der Waals surface area contributed by atoms with Crippen molar-refractivity contribution < 1.29 is 48.3 Å².